The van der Waals surface area contributed by atoms with Gasteiger partial charge in [-0.15, -0.1) is 11.8 Å². The van der Waals surface area contributed by atoms with Crippen molar-refractivity contribution in [2.75, 3.05) is 29.6 Å². The normalized spacial score (nSPS) is 13.2. The van der Waals surface area contributed by atoms with Crippen molar-refractivity contribution in [1.29, 1.82) is 0 Å². The fraction of sp³-hybridized carbons (Fsp3) is 0.211. The third-order valence-electron chi connectivity index (χ3n) is 4.04. The van der Waals surface area contributed by atoms with Crippen molar-refractivity contribution < 1.29 is 19.1 Å². The van der Waals surface area contributed by atoms with Crippen LogP contribution in [-0.2, 0) is 14.3 Å². The van der Waals surface area contributed by atoms with E-state index in [9.17, 15) is 14.4 Å². The third-order valence-corrected chi connectivity index (χ3v) is 5.09. The predicted molar refractivity (Wildman–Crippen MR) is 101 cm³/mol. The number of benzene rings is 2. The van der Waals surface area contributed by atoms with E-state index in [1.54, 1.807) is 18.2 Å². The molecule has 0 fully saturated rings. The van der Waals surface area contributed by atoms with E-state index in [4.69, 9.17) is 4.74 Å². The van der Waals surface area contributed by atoms with Crippen LogP contribution in [0, 0.1) is 6.92 Å². The number of thioether (sulfide) groups is 1. The summed E-state index contributed by atoms with van der Waals surface area (Å²) in [5.74, 6) is -0.604. The number of methoxy groups -OCH3 is 1. The van der Waals surface area contributed by atoms with Crippen molar-refractivity contribution in [3.63, 3.8) is 0 Å². The Morgan fingerprint density at radius 2 is 2.00 bits per heavy atom. The second-order valence-electron chi connectivity index (χ2n) is 5.81. The van der Waals surface area contributed by atoms with Gasteiger partial charge in [0.15, 0.2) is 0 Å². The lowest BCUT2D eigenvalue weighted by Gasteiger charge is -2.28. The fourth-order valence-electron chi connectivity index (χ4n) is 2.66. The molecule has 1 aliphatic rings. The van der Waals surface area contributed by atoms with E-state index in [2.05, 4.69) is 5.32 Å². The summed E-state index contributed by atoms with van der Waals surface area (Å²) in [5.41, 5.74) is 2.42. The SMILES string of the molecule is COC(=O)c1ccc(C)c(NC(=O)CN2C(=O)CSc3ccccc32)c1. The number of para-hydroxylation sites is 1. The quantitative estimate of drug-likeness (QED) is 0.838. The summed E-state index contributed by atoms with van der Waals surface area (Å²) in [6.45, 7) is 1.74. The second-order valence-corrected chi connectivity index (χ2v) is 6.82. The Balaban J connectivity index is 1.78. The van der Waals surface area contributed by atoms with Crippen molar-refractivity contribution in [2.45, 2.75) is 11.8 Å². The molecule has 0 radical (unpaired) electrons. The molecule has 0 aromatic heterocycles. The molecule has 134 valence electrons. The van der Waals surface area contributed by atoms with Gasteiger partial charge in [-0.25, -0.2) is 4.79 Å². The Hall–Kier alpha value is -2.80. The second kappa shape index (κ2) is 7.61. The van der Waals surface area contributed by atoms with Crippen LogP contribution in [0.1, 0.15) is 15.9 Å². The number of rotatable bonds is 4. The van der Waals surface area contributed by atoms with Gasteiger partial charge in [-0.2, -0.15) is 0 Å². The molecular weight excluding hydrogens is 352 g/mol. The van der Waals surface area contributed by atoms with Crippen molar-refractivity contribution >= 4 is 40.9 Å². The molecule has 26 heavy (non-hydrogen) atoms. The highest BCUT2D eigenvalue weighted by atomic mass is 32.2. The first-order valence-corrected chi connectivity index (χ1v) is 8.99. The van der Waals surface area contributed by atoms with E-state index in [0.29, 0.717) is 17.0 Å². The van der Waals surface area contributed by atoms with Gasteiger partial charge in [0.1, 0.15) is 6.54 Å². The Morgan fingerprint density at radius 3 is 2.77 bits per heavy atom. The zero-order valence-electron chi connectivity index (χ0n) is 14.4. The highest BCUT2D eigenvalue weighted by Crippen LogP contribution is 2.34. The first-order valence-electron chi connectivity index (χ1n) is 8.00. The van der Waals surface area contributed by atoms with Crippen LogP contribution in [0.4, 0.5) is 11.4 Å². The Labute approximate surface area is 155 Å². The number of nitrogens with zero attached hydrogens (tertiary/aromatic N) is 1. The molecule has 6 nitrogen and oxygen atoms in total. The maximum atomic E-state index is 12.5. The molecule has 2 aromatic carbocycles. The van der Waals surface area contributed by atoms with Crippen LogP contribution in [0.15, 0.2) is 47.4 Å². The average molecular weight is 370 g/mol. The predicted octanol–water partition coefficient (Wildman–Crippen LogP) is 2.86. The molecule has 0 bridgehead atoms. The summed E-state index contributed by atoms with van der Waals surface area (Å²) < 4.78 is 4.70. The van der Waals surface area contributed by atoms with Gasteiger partial charge in [0.2, 0.25) is 11.8 Å². The number of ether oxygens (including phenoxy) is 1. The fourth-order valence-corrected chi connectivity index (χ4v) is 3.60. The van der Waals surface area contributed by atoms with Crippen LogP contribution < -0.4 is 10.2 Å². The zero-order chi connectivity index (χ0) is 18.7. The molecule has 0 aliphatic carbocycles. The van der Waals surface area contributed by atoms with Gasteiger partial charge < -0.3 is 15.0 Å². The summed E-state index contributed by atoms with van der Waals surface area (Å²) >= 11 is 1.47. The molecule has 1 heterocycles. The van der Waals surface area contributed by atoms with E-state index in [1.807, 2.05) is 31.2 Å². The summed E-state index contributed by atoms with van der Waals surface area (Å²) in [5, 5.41) is 2.78. The smallest absolute Gasteiger partial charge is 0.337 e. The van der Waals surface area contributed by atoms with Crippen LogP contribution in [0.5, 0.6) is 0 Å². The Morgan fingerprint density at radius 1 is 1.23 bits per heavy atom. The molecule has 2 aromatic rings. The first kappa shape index (κ1) is 18.0. The lowest BCUT2D eigenvalue weighted by atomic mass is 10.1. The van der Waals surface area contributed by atoms with Crippen LogP contribution in [0.25, 0.3) is 0 Å². The largest absolute Gasteiger partial charge is 0.465 e. The van der Waals surface area contributed by atoms with Crippen molar-refractivity contribution in [3.8, 4) is 0 Å². The molecule has 1 N–H and O–H groups in total. The standard InChI is InChI=1S/C19H18N2O4S/c1-12-7-8-13(19(24)25-2)9-14(12)20-17(22)10-21-15-5-3-4-6-16(15)26-11-18(21)23/h3-9H,10-11H2,1-2H3,(H,20,22). The van der Waals surface area contributed by atoms with Crippen molar-refractivity contribution in [2.24, 2.45) is 0 Å². The number of amides is 2. The van der Waals surface area contributed by atoms with Crippen molar-refractivity contribution in [1.82, 2.24) is 0 Å². The molecule has 2 amide bonds. The highest BCUT2D eigenvalue weighted by molar-refractivity contribution is 8.00. The van der Waals surface area contributed by atoms with Crippen molar-refractivity contribution in [3.05, 3.63) is 53.6 Å². The number of anilines is 2. The first-order chi connectivity index (χ1) is 12.5. The molecule has 0 unspecified atom stereocenters. The molecule has 7 heteroatoms. The summed E-state index contributed by atoms with van der Waals surface area (Å²) in [7, 11) is 1.30. The van der Waals surface area contributed by atoms with E-state index >= 15 is 0 Å². The maximum absolute atomic E-state index is 12.5. The lowest BCUT2D eigenvalue weighted by Crippen LogP contribution is -2.41. The van der Waals surface area contributed by atoms with Gasteiger partial charge in [-0.3, -0.25) is 9.59 Å². The van der Waals surface area contributed by atoms with Crippen LogP contribution in [-0.4, -0.2) is 37.2 Å². The molecule has 3 rings (SSSR count). The van der Waals surface area contributed by atoms with Gasteiger partial charge >= 0.3 is 5.97 Å². The summed E-state index contributed by atoms with van der Waals surface area (Å²) in [4.78, 5) is 38.9. The maximum Gasteiger partial charge on any atom is 0.337 e. The summed E-state index contributed by atoms with van der Waals surface area (Å²) in [6.07, 6.45) is 0. The average Bonchev–Trinajstić information content (AvgIpc) is 2.65. The minimum absolute atomic E-state index is 0.0850. The van der Waals surface area contributed by atoms with Gasteiger partial charge in [-0.05, 0) is 36.8 Å². The minimum atomic E-state index is -0.474. The zero-order valence-corrected chi connectivity index (χ0v) is 15.3. The van der Waals surface area contributed by atoms with E-state index < -0.39 is 5.97 Å². The number of aryl methyl sites for hydroxylation is 1. The Bertz CT molecular complexity index is 882. The number of carbonyl (C=O) groups excluding carboxylic acids is 3. The van der Waals surface area contributed by atoms with E-state index in [-0.39, 0.29) is 18.4 Å². The molecular formula is C19H18N2O4S. The number of esters is 1. The van der Waals surface area contributed by atoms with Gasteiger partial charge in [-0.1, -0.05) is 18.2 Å². The van der Waals surface area contributed by atoms with Crippen LogP contribution >= 0.6 is 11.8 Å². The van der Waals surface area contributed by atoms with E-state index in [1.165, 1.54) is 23.8 Å². The number of hydrogen-bond acceptors (Lipinski definition) is 5. The van der Waals surface area contributed by atoms with Gasteiger partial charge in [0, 0.05) is 10.6 Å². The highest BCUT2D eigenvalue weighted by Gasteiger charge is 2.26. The topological polar surface area (TPSA) is 75.7 Å². The number of hydrogen-bond donors (Lipinski definition) is 1. The summed E-state index contributed by atoms with van der Waals surface area (Å²) in [6, 6.07) is 12.4. The van der Waals surface area contributed by atoms with E-state index in [0.717, 1.165) is 16.1 Å². The molecule has 0 saturated carbocycles. The lowest BCUT2D eigenvalue weighted by molar-refractivity contribution is -0.120. The molecule has 0 atom stereocenters. The van der Waals surface area contributed by atoms with Gasteiger partial charge in [0.05, 0.1) is 24.1 Å². The van der Waals surface area contributed by atoms with Crippen LogP contribution in [0.2, 0.25) is 0 Å². The Kier molecular flexibility index (Phi) is 5.27. The number of fused-ring (bicyclic) bond motifs is 1. The number of nitrogens with one attached hydrogen (secondary N) is 1. The molecule has 1 aliphatic heterocycles. The third kappa shape index (κ3) is 3.72. The molecule has 0 saturated heterocycles. The minimum Gasteiger partial charge on any atom is -0.465 e. The molecule has 0 spiro atoms. The number of carbonyl (C=O) groups is 3. The monoisotopic (exact) mass is 370 g/mol. The van der Waals surface area contributed by atoms with Gasteiger partial charge in [0.25, 0.3) is 0 Å². The van der Waals surface area contributed by atoms with Crippen LogP contribution in [0.3, 0.4) is 0 Å².